The number of aliphatic hydroxyl groups is 3. The standard InChI is InChI=1S/C42H62O9.2CH4/c1-10-13-32(45)49-24-39(7)28-18-21-40(8)29(38(28,6)20-19-30(39)43)17-16-26-27-22-37(4,5)35(48)36(51-34(47)15-12-3)42(27,25-50-33(46)14-11-2)31(44)23-41(26,40)9;;/h10-16,27-31,35-36,43-44,48H,17-25H2,1-9H3;2*1H4/b13-10+,14-11+,15-12+;;/t27?,28?,29?,30-,31+,35-,36-,38-,39+,40+,41+,42-;;/m0../s1. The van der Waals surface area contributed by atoms with Gasteiger partial charge in [0.25, 0.3) is 0 Å². The van der Waals surface area contributed by atoms with Crippen molar-refractivity contribution in [1.82, 2.24) is 0 Å². The van der Waals surface area contributed by atoms with E-state index in [4.69, 9.17) is 14.2 Å². The van der Waals surface area contributed by atoms with Crippen LogP contribution >= 0.6 is 0 Å². The molecule has 0 aromatic carbocycles. The van der Waals surface area contributed by atoms with E-state index in [9.17, 15) is 29.7 Å². The SMILES string of the molecule is C.C.C/C=C/C(=O)OC[C@@]12C(CC(C)(C)[C@@H](O)[C@@H]1OC(=O)/C=C/C)C1=CCC3[C@@]4(C)CC[C@H](O)[C@](C)(COC(=O)/C=C/C)C4CC[C@@]3(C)[C@]1(C)C[C@H]2O. The number of hydrogen-bond acceptors (Lipinski definition) is 9. The van der Waals surface area contributed by atoms with Gasteiger partial charge in [0.05, 0.1) is 30.3 Å². The molecule has 53 heavy (non-hydrogen) atoms. The molecule has 0 spiro atoms. The largest absolute Gasteiger partial charge is 0.462 e. The summed E-state index contributed by atoms with van der Waals surface area (Å²) in [6, 6.07) is 0. The van der Waals surface area contributed by atoms with Crippen LogP contribution in [0.2, 0.25) is 0 Å². The maximum atomic E-state index is 13.1. The van der Waals surface area contributed by atoms with Crippen molar-refractivity contribution >= 4 is 17.9 Å². The Hall–Kier alpha value is -2.75. The summed E-state index contributed by atoms with van der Waals surface area (Å²) in [5.41, 5.74) is -2.28. The lowest BCUT2D eigenvalue weighted by atomic mass is 9.33. The summed E-state index contributed by atoms with van der Waals surface area (Å²) < 4.78 is 17.7. The van der Waals surface area contributed by atoms with Crippen molar-refractivity contribution in [2.24, 2.45) is 50.2 Å². The first-order valence-corrected chi connectivity index (χ1v) is 19.0. The van der Waals surface area contributed by atoms with Gasteiger partial charge >= 0.3 is 17.9 Å². The van der Waals surface area contributed by atoms with E-state index in [1.54, 1.807) is 39.0 Å². The highest BCUT2D eigenvalue weighted by molar-refractivity contribution is 5.83. The van der Waals surface area contributed by atoms with E-state index in [-0.39, 0.29) is 56.7 Å². The topological polar surface area (TPSA) is 140 Å². The minimum Gasteiger partial charge on any atom is -0.462 e. The van der Waals surface area contributed by atoms with Crippen molar-refractivity contribution in [2.75, 3.05) is 13.2 Å². The van der Waals surface area contributed by atoms with Gasteiger partial charge in [-0.2, -0.15) is 0 Å². The Morgan fingerprint density at radius 1 is 0.755 bits per heavy atom. The minimum absolute atomic E-state index is 0. The molecule has 5 rings (SSSR count). The van der Waals surface area contributed by atoms with Crippen LogP contribution in [0, 0.1) is 50.2 Å². The van der Waals surface area contributed by atoms with Crippen LogP contribution in [0.15, 0.2) is 48.1 Å². The molecule has 9 nitrogen and oxygen atoms in total. The van der Waals surface area contributed by atoms with Gasteiger partial charge in [-0.25, -0.2) is 14.4 Å². The van der Waals surface area contributed by atoms with E-state index in [1.807, 2.05) is 13.8 Å². The Kier molecular flexibility index (Phi) is 13.3. The van der Waals surface area contributed by atoms with Crippen LogP contribution in [0.3, 0.4) is 0 Å². The Labute approximate surface area is 319 Å². The zero-order valence-electron chi connectivity index (χ0n) is 32.2. The van der Waals surface area contributed by atoms with Gasteiger partial charge in [0.1, 0.15) is 12.7 Å². The molecular weight excluding hydrogens is 672 g/mol. The lowest BCUT2D eigenvalue weighted by Crippen LogP contribution is -2.72. The zero-order valence-corrected chi connectivity index (χ0v) is 32.2. The monoisotopic (exact) mass is 743 g/mol. The molecular formula is C44H70O9. The van der Waals surface area contributed by atoms with Gasteiger partial charge < -0.3 is 29.5 Å². The number of carbonyl (C=O) groups excluding carboxylic acids is 3. The molecule has 4 saturated carbocycles. The number of hydrogen-bond donors (Lipinski definition) is 3. The molecule has 0 amide bonds. The van der Waals surface area contributed by atoms with E-state index in [0.717, 1.165) is 25.7 Å². The average molecular weight is 743 g/mol. The lowest BCUT2D eigenvalue weighted by molar-refractivity contribution is -0.264. The first-order chi connectivity index (χ1) is 23.8. The molecule has 300 valence electrons. The van der Waals surface area contributed by atoms with Crippen molar-refractivity contribution in [3.05, 3.63) is 48.1 Å². The molecule has 0 aliphatic heterocycles. The predicted octanol–water partition coefficient (Wildman–Crippen LogP) is 7.68. The number of rotatable bonds is 8. The van der Waals surface area contributed by atoms with E-state index < -0.39 is 64.0 Å². The fourth-order valence-electron chi connectivity index (χ4n) is 12.1. The zero-order chi connectivity index (χ0) is 37.8. The van der Waals surface area contributed by atoms with E-state index in [1.165, 1.54) is 23.8 Å². The van der Waals surface area contributed by atoms with Crippen LogP contribution in [0.4, 0.5) is 0 Å². The van der Waals surface area contributed by atoms with Crippen molar-refractivity contribution in [1.29, 1.82) is 0 Å². The van der Waals surface area contributed by atoms with E-state index in [0.29, 0.717) is 19.3 Å². The lowest BCUT2D eigenvalue weighted by Gasteiger charge is -2.72. The number of esters is 3. The molecule has 0 saturated heterocycles. The normalized spacial score (nSPS) is 42.9. The van der Waals surface area contributed by atoms with Gasteiger partial charge in [0, 0.05) is 23.6 Å². The van der Waals surface area contributed by atoms with E-state index in [2.05, 4.69) is 33.8 Å². The molecule has 3 N–H and O–H groups in total. The molecule has 0 radical (unpaired) electrons. The van der Waals surface area contributed by atoms with Crippen molar-refractivity contribution in [3.8, 4) is 0 Å². The van der Waals surface area contributed by atoms with Crippen LogP contribution in [-0.4, -0.2) is 70.9 Å². The Balaban J connectivity index is 0.00000378. The molecule has 0 aromatic rings. The highest BCUT2D eigenvalue weighted by atomic mass is 16.6. The summed E-state index contributed by atoms with van der Waals surface area (Å²) >= 11 is 0. The number of ether oxygens (including phenoxy) is 3. The molecule has 4 fully saturated rings. The Morgan fingerprint density at radius 2 is 1.32 bits per heavy atom. The molecule has 12 atom stereocenters. The fraction of sp³-hybridized carbons (Fsp3) is 0.750. The second kappa shape index (κ2) is 15.8. The van der Waals surface area contributed by atoms with Crippen LogP contribution in [0.5, 0.6) is 0 Å². The number of fused-ring (bicyclic) bond motifs is 7. The number of carbonyl (C=O) groups is 3. The molecule has 3 unspecified atom stereocenters. The predicted molar refractivity (Wildman–Crippen MR) is 207 cm³/mol. The molecule has 9 heteroatoms. The third-order valence-corrected chi connectivity index (χ3v) is 15.0. The molecule has 5 aliphatic rings. The summed E-state index contributed by atoms with van der Waals surface area (Å²) in [5, 5.41) is 36.0. The van der Waals surface area contributed by atoms with Gasteiger partial charge in [-0.3, -0.25) is 0 Å². The third kappa shape index (κ3) is 6.90. The summed E-state index contributed by atoms with van der Waals surface area (Å²) in [6.45, 7) is 18.2. The number of aliphatic hydroxyl groups excluding tert-OH is 3. The fourth-order valence-corrected chi connectivity index (χ4v) is 12.1. The van der Waals surface area contributed by atoms with Crippen LogP contribution in [0.1, 0.15) is 122 Å². The van der Waals surface area contributed by atoms with Gasteiger partial charge in [-0.1, -0.05) is 86.3 Å². The van der Waals surface area contributed by atoms with Gasteiger partial charge in [0.2, 0.25) is 0 Å². The van der Waals surface area contributed by atoms with Crippen molar-refractivity contribution in [3.63, 3.8) is 0 Å². The summed E-state index contributed by atoms with van der Waals surface area (Å²) in [4.78, 5) is 38.3. The third-order valence-electron chi connectivity index (χ3n) is 15.0. The van der Waals surface area contributed by atoms with Crippen LogP contribution in [0.25, 0.3) is 0 Å². The highest BCUT2D eigenvalue weighted by Crippen LogP contribution is 2.76. The summed E-state index contributed by atoms with van der Waals surface area (Å²) in [7, 11) is 0. The Bertz CT molecular complexity index is 1490. The Morgan fingerprint density at radius 3 is 1.91 bits per heavy atom. The molecule has 0 heterocycles. The van der Waals surface area contributed by atoms with Gasteiger partial charge in [-0.05, 0) is 105 Å². The summed E-state index contributed by atoms with van der Waals surface area (Å²) in [5.74, 6) is -1.59. The van der Waals surface area contributed by atoms with E-state index >= 15 is 0 Å². The minimum atomic E-state index is -1.27. The van der Waals surface area contributed by atoms with Crippen molar-refractivity contribution < 1.29 is 43.9 Å². The molecule has 5 aliphatic carbocycles. The first kappa shape index (κ1) is 44.6. The maximum Gasteiger partial charge on any atom is 0.330 e. The highest BCUT2D eigenvalue weighted by Gasteiger charge is 2.73. The van der Waals surface area contributed by atoms with Crippen molar-refractivity contribution in [2.45, 2.75) is 147 Å². The smallest absolute Gasteiger partial charge is 0.330 e. The quantitative estimate of drug-likeness (QED) is 0.0989. The number of allylic oxidation sites excluding steroid dienone is 5. The second-order valence-electron chi connectivity index (χ2n) is 18.0. The maximum absolute atomic E-state index is 13.1. The van der Waals surface area contributed by atoms with Gasteiger partial charge in [-0.15, -0.1) is 0 Å². The van der Waals surface area contributed by atoms with Gasteiger partial charge in [0.15, 0.2) is 0 Å². The average Bonchev–Trinajstić information content (AvgIpc) is 3.05. The first-order valence-electron chi connectivity index (χ1n) is 19.0. The van der Waals surface area contributed by atoms with Crippen LogP contribution < -0.4 is 0 Å². The summed E-state index contributed by atoms with van der Waals surface area (Å²) in [6.07, 6.45) is 12.1. The molecule has 0 bridgehead atoms. The molecule has 0 aromatic heterocycles. The second-order valence-corrected chi connectivity index (χ2v) is 18.0. The van der Waals surface area contributed by atoms with Crippen LogP contribution in [-0.2, 0) is 28.6 Å².